The largest absolute Gasteiger partial charge is 0.389 e. The molecule has 5 aliphatic rings. The Hall–Kier alpha value is -5.24. The lowest BCUT2D eigenvalue weighted by molar-refractivity contribution is -0.120. The number of aromatic nitrogens is 5. The van der Waals surface area contributed by atoms with Gasteiger partial charge in [-0.05, 0) is 95.1 Å². The van der Waals surface area contributed by atoms with Gasteiger partial charge in [-0.25, -0.2) is 23.1 Å². The second kappa shape index (κ2) is 17.1. The minimum Gasteiger partial charge on any atom is -0.389 e. The van der Waals surface area contributed by atoms with Gasteiger partial charge in [-0.15, -0.1) is 0 Å². The molecule has 4 aromatic rings. The van der Waals surface area contributed by atoms with Crippen LogP contribution < -0.4 is 20.4 Å². The Kier molecular flexibility index (Phi) is 11.6. The van der Waals surface area contributed by atoms with E-state index in [9.17, 15) is 33.1 Å². The summed E-state index contributed by atoms with van der Waals surface area (Å²) < 4.78 is 37.3. The molecule has 0 spiro atoms. The van der Waals surface area contributed by atoms with Gasteiger partial charge in [0.1, 0.15) is 11.4 Å². The number of benzene rings is 1. The molecule has 1 saturated carbocycles. The number of alkyl halides is 2. The van der Waals surface area contributed by atoms with Gasteiger partial charge in [0, 0.05) is 57.1 Å². The predicted molar refractivity (Wildman–Crippen MR) is 224 cm³/mol. The number of rotatable bonds is 12. The van der Waals surface area contributed by atoms with Crippen molar-refractivity contribution in [1.29, 1.82) is 0 Å². The van der Waals surface area contributed by atoms with Crippen LogP contribution in [0.4, 0.5) is 30.8 Å². The number of fused-ring (bicyclic) bond motifs is 3. The van der Waals surface area contributed by atoms with Crippen molar-refractivity contribution in [3.63, 3.8) is 0 Å². The summed E-state index contributed by atoms with van der Waals surface area (Å²) >= 11 is 6.39. The van der Waals surface area contributed by atoms with Crippen LogP contribution in [0.15, 0.2) is 42.9 Å². The van der Waals surface area contributed by atoms with Crippen LogP contribution in [0.2, 0.25) is 5.02 Å². The number of morpholine rings is 1. The third kappa shape index (κ3) is 8.59. The molecular weight excluding hydrogens is 828 g/mol. The van der Waals surface area contributed by atoms with Gasteiger partial charge in [-0.2, -0.15) is 10.2 Å². The molecule has 5 amide bonds. The summed E-state index contributed by atoms with van der Waals surface area (Å²) in [7, 11) is 1.99. The Balaban J connectivity index is 0.747. The molecule has 2 bridgehead atoms. The molecule has 62 heavy (non-hydrogen) atoms. The number of imide groups is 1. The maximum atomic E-state index is 14.3. The lowest BCUT2D eigenvalue weighted by atomic mass is 9.81. The number of nitrogens with zero attached hydrogens (tertiary/aromatic N) is 9. The van der Waals surface area contributed by atoms with Gasteiger partial charge in [0.2, 0.25) is 5.91 Å². The minimum absolute atomic E-state index is 0.0765. The molecule has 0 unspecified atom stereocenters. The topological polar surface area (TPSA) is 183 Å². The maximum Gasteiger partial charge on any atom is 0.328 e. The number of urea groups is 1. The smallest absolute Gasteiger partial charge is 0.328 e. The minimum atomic E-state index is -2.92. The number of carbonyl (C=O) groups is 4. The number of ether oxygens (including phenoxy) is 1. The average molecular weight is 878 g/mol. The first kappa shape index (κ1) is 42.1. The van der Waals surface area contributed by atoms with Crippen molar-refractivity contribution >= 4 is 58.2 Å². The highest BCUT2D eigenvalue weighted by Gasteiger charge is 2.40. The van der Waals surface area contributed by atoms with Crippen molar-refractivity contribution in [3.05, 3.63) is 64.7 Å². The Labute approximate surface area is 361 Å². The highest BCUT2D eigenvalue weighted by atomic mass is 35.5. The number of aliphatic hydroxyl groups is 1. The van der Waals surface area contributed by atoms with Gasteiger partial charge >= 0.3 is 6.03 Å². The van der Waals surface area contributed by atoms with Gasteiger partial charge in [-0.3, -0.25) is 29.3 Å². The van der Waals surface area contributed by atoms with Crippen molar-refractivity contribution < 1.29 is 37.8 Å². The van der Waals surface area contributed by atoms with Crippen LogP contribution in [-0.4, -0.2) is 134 Å². The number of halogens is 3. The molecule has 1 aromatic carbocycles. The first-order valence-corrected chi connectivity index (χ1v) is 21.7. The summed E-state index contributed by atoms with van der Waals surface area (Å²) in [6.45, 7) is 3.94. The zero-order valence-electron chi connectivity index (χ0n) is 34.4. The zero-order chi connectivity index (χ0) is 43.3. The first-order chi connectivity index (χ1) is 29.8. The molecule has 1 aliphatic carbocycles. The van der Waals surface area contributed by atoms with Gasteiger partial charge < -0.3 is 29.9 Å². The summed E-state index contributed by atoms with van der Waals surface area (Å²) in [6, 6.07) is 6.13. The number of piperidine rings is 1. The summed E-state index contributed by atoms with van der Waals surface area (Å²) in [4.78, 5) is 63.2. The Morgan fingerprint density at radius 2 is 1.90 bits per heavy atom. The molecule has 4 aliphatic heterocycles. The average Bonchev–Trinajstić information content (AvgIpc) is 4.08. The standard InChI is InChI=1S/C42H50ClF2N11O6/c1-51(13-6-25-7-14-52(15-8-25)40(59)26-2-3-31(43)33(18-26)53-16-10-35(57)49-41(53)60)24-42(61)11-4-27(5-12-42)56-22-32(36(50-56)37(44)45)47-39(58)30-20-46-55-17-9-34(48-38(30)55)54-21-29-19-28(54)23-62-29/h2-3,9,17-18,20,22,25,27-29,37,61H,4-8,10-16,19,21,23-24H2,1H3,(H,47,58)(H,49,57,60)/t27?,28-,29-,42?/m1/s1. The fourth-order valence-corrected chi connectivity index (χ4v) is 9.92. The summed E-state index contributed by atoms with van der Waals surface area (Å²) in [5.41, 5.74) is -0.250. The Morgan fingerprint density at radius 3 is 2.61 bits per heavy atom. The molecule has 17 nitrogen and oxygen atoms in total. The number of anilines is 3. The molecule has 3 aromatic heterocycles. The summed E-state index contributed by atoms with van der Waals surface area (Å²) in [5.74, 6) is 0.0104. The Bertz CT molecular complexity index is 2360. The number of hydrogen-bond acceptors (Lipinski definition) is 11. The lowest BCUT2D eigenvalue weighted by Crippen LogP contribution is -2.49. The molecule has 7 heterocycles. The van der Waals surface area contributed by atoms with E-state index >= 15 is 0 Å². The van der Waals surface area contributed by atoms with Gasteiger partial charge in [0.25, 0.3) is 18.2 Å². The number of nitrogens with one attached hydrogen (secondary N) is 2. The molecule has 9 rings (SSSR count). The molecular formula is C42H50ClF2N11O6. The predicted octanol–water partition coefficient (Wildman–Crippen LogP) is 4.91. The maximum absolute atomic E-state index is 14.3. The van der Waals surface area contributed by atoms with Crippen LogP contribution in [0.3, 0.4) is 0 Å². The van der Waals surface area contributed by atoms with Crippen LogP contribution in [0.1, 0.15) is 96.7 Å². The lowest BCUT2D eigenvalue weighted by Gasteiger charge is -2.39. The van der Waals surface area contributed by atoms with Crippen molar-refractivity contribution in [3.8, 4) is 0 Å². The van der Waals surface area contributed by atoms with Crippen molar-refractivity contribution in [2.75, 3.05) is 68.0 Å². The molecule has 2 atom stereocenters. The quantitative estimate of drug-likeness (QED) is 0.176. The van der Waals surface area contributed by atoms with Gasteiger partial charge in [0.15, 0.2) is 11.3 Å². The van der Waals surface area contributed by atoms with Crippen LogP contribution in [0, 0.1) is 5.92 Å². The van der Waals surface area contributed by atoms with Crippen LogP contribution in [-0.2, 0) is 9.53 Å². The molecule has 4 saturated heterocycles. The van der Waals surface area contributed by atoms with Crippen molar-refractivity contribution in [2.24, 2.45) is 5.92 Å². The van der Waals surface area contributed by atoms with Gasteiger partial charge in [-0.1, -0.05) is 11.6 Å². The Morgan fingerprint density at radius 1 is 1.11 bits per heavy atom. The van der Waals surface area contributed by atoms with E-state index < -0.39 is 29.7 Å². The first-order valence-electron chi connectivity index (χ1n) is 21.3. The SMILES string of the molecule is CN(CCC1CCN(C(=O)c2ccc(Cl)c(N3CCC(=O)NC3=O)c2)CC1)CC1(O)CCC(n2cc(NC(=O)c3cnn4ccc(N5C[C@H]6C[C@@H]5CO6)nc34)c(C(F)F)n2)CC1. The van der Waals surface area contributed by atoms with Crippen molar-refractivity contribution in [1.82, 2.24) is 39.5 Å². The second-order valence-corrected chi connectivity index (χ2v) is 17.8. The summed E-state index contributed by atoms with van der Waals surface area (Å²) in [5, 5.41) is 25.3. The fourth-order valence-electron chi connectivity index (χ4n) is 9.70. The monoisotopic (exact) mass is 877 g/mol. The van der Waals surface area contributed by atoms with Crippen LogP contribution in [0.25, 0.3) is 5.65 Å². The third-order valence-corrected chi connectivity index (χ3v) is 13.5. The summed E-state index contributed by atoms with van der Waals surface area (Å²) in [6.07, 6.45) is 7.44. The zero-order valence-corrected chi connectivity index (χ0v) is 35.1. The number of carbonyl (C=O) groups excluding carboxylic acids is 4. The molecule has 5 fully saturated rings. The second-order valence-electron chi connectivity index (χ2n) is 17.4. The van der Waals surface area contributed by atoms with E-state index in [0.717, 1.165) is 32.2 Å². The van der Waals surface area contributed by atoms with E-state index in [2.05, 4.69) is 30.6 Å². The third-order valence-electron chi connectivity index (χ3n) is 13.2. The van der Waals surface area contributed by atoms with Crippen LogP contribution in [0.5, 0.6) is 0 Å². The van der Waals surface area contributed by atoms with E-state index in [-0.39, 0.29) is 54.2 Å². The van der Waals surface area contributed by atoms with Crippen LogP contribution >= 0.6 is 11.6 Å². The highest BCUT2D eigenvalue weighted by Crippen LogP contribution is 2.38. The molecule has 3 N–H and O–H groups in total. The van der Waals surface area contributed by atoms with E-state index in [0.29, 0.717) is 92.1 Å². The number of hydrogen-bond donors (Lipinski definition) is 3. The highest BCUT2D eigenvalue weighted by molar-refractivity contribution is 6.34. The molecule has 0 radical (unpaired) electrons. The van der Waals surface area contributed by atoms with Gasteiger partial charge in [0.05, 0.1) is 53.0 Å². The van der Waals surface area contributed by atoms with E-state index in [1.54, 1.807) is 24.4 Å². The number of likely N-dealkylation sites (tertiary alicyclic amines) is 1. The van der Waals surface area contributed by atoms with E-state index in [4.69, 9.17) is 21.3 Å². The molecule has 20 heteroatoms. The number of likely N-dealkylation sites (N-methyl/N-ethyl adjacent to an activating group) is 1. The molecule has 330 valence electrons. The van der Waals surface area contributed by atoms with Crippen molar-refractivity contribution in [2.45, 2.75) is 88.0 Å². The van der Waals surface area contributed by atoms with E-state index in [1.165, 1.54) is 26.5 Å². The normalized spacial score (nSPS) is 24.5. The number of amides is 5. The fraction of sp³-hybridized carbons (Fsp3) is 0.548. The van der Waals surface area contributed by atoms with E-state index in [1.807, 2.05) is 18.0 Å².